The van der Waals surface area contributed by atoms with Gasteiger partial charge in [0, 0.05) is 11.6 Å². The highest BCUT2D eigenvalue weighted by Crippen LogP contribution is 2.28. The molecule has 0 saturated heterocycles. The first-order chi connectivity index (χ1) is 12.5. The molecule has 3 N–H and O–H groups in total. The monoisotopic (exact) mass is 357 g/mol. The van der Waals surface area contributed by atoms with Gasteiger partial charge in [-0.2, -0.15) is 5.10 Å². The largest absolute Gasteiger partial charge is 0.507 e. The molecule has 8 nitrogen and oxygen atoms in total. The number of para-hydroxylation sites is 1. The van der Waals surface area contributed by atoms with E-state index in [1.807, 2.05) is 0 Å². The van der Waals surface area contributed by atoms with Gasteiger partial charge >= 0.3 is 11.8 Å². The zero-order valence-corrected chi connectivity index (χ0v) is 14.6. The first-order valence-electron chi connectivity index (χ1n) is 7.62. The van der Waals surface area contributed by atoms with E-state index in [0.29, 0.717) is 22.8 Å². The molecule has 0 aliphatic heterocycles. The maximum atomic E-state index is 12.1. The minimum atomic E-state index is -0.968. The molecule has 0 aromatic heterocycles. The zero-order chi connectivity index (χ0) is 19.1. The average molecular weight is 357 g/mol. The molecular formula is C18H19N3O5. The second kappa shape index (κ2) is 8.52. The highest BCUT2D eigenvalue weighted by Gasteiger charge is 2.16. The van der Waals surface area contributed by atoms with Crippen molar-refractivity contribution in [1.82, 2.24) is 5.43 Å². The Bertz CT molecular complexity index is 848. The number of amides is 2. The van der Waals surface area contributed by atoms with Crippen LogP contribution in [0.2, 0.25) is 0 Å². The molecular weight excluding hydrogens is 338 g/mol. The Morgan fingerprint density at radius 2 is 1.77 bits per heavy atom. The Morgan fingerprint density at radius 1 is 1.04 bits per heavy atom. The topological polar surface area (TPSA) is 109 Å². The molecule has 0 aliphatic carbocycles. The summed E-state index contributed by atoms with van der Waals surface area (Å²) in [6, 6.07) is 11.3. The van der Waals surface area contributed by atoms with Gasteiger partial charge in [-0.1, -0.05) is 12.1 Å². The van der Waals surface area contributed by atoms with Gasteiger partial charge in [0.2, 0.25) is 0 Å². The fourth-order valence-electron chi connectivity index (χ4n) is 2.12. The summed E-state index contributed by atoms with van der Waals surface area (Å²) in [5.74, 6) is -1.00. The molecule has 136 valence electrons. The summed E-state index contributed by atoms with van der Waals surface area (Å²) in [4.78, 5) is 24.0. The van der Waals surface area contributed by atoms with Gasteiger partial charge in [-0.05, 0) is 31.2 Å². The lowest BCUT2D eigenvalue weighted by Crippen LogP contribution is -2.33. The third-order valence-electron chi connectivity index (χ3n) is 3.48. The van der Waals surface area contributed by atoms with E-state index in [1.165, 1.54) is 26.4 Å². The van der Waals surface area contributed by atoms with Crippen molar-refractivity contribution in [3.8, 4) is 17.2 Å². The highest BCUT2D eigenvalue weighted by molar-refractivity contribution is 6.39. The number of carbonyl (C=O) groups is 2. The summed E-state index contributed by atoms with van der Waals surface area (Å²) >= 11 is 0. The van der Waals surface area contributed by atoms with Crippen LogP contribution in [0.4, 0.5) is 5.69 Å². The van der Waals surface area contributed by atoms with Gasteiger partial charge in [-0.3, -0.25) is 9.59 Å². The molecule has 0 unspecified atom stereocenters. The molecule has 2 aromatic carbocycles. The number of nitrogens with one attached hydrogen (secondary N) is 2. The second-order valence-electron chi connectivity index (χ2n) is 5.18. The summed E-state index contributed by atoms with van der Waals surface area (Å²) in [5, 5.41) is 16.0. The number of carbonyl (C=O) groups excluding carboxylic acids is 2. The van der Waals surface area contributed by atoms with Gasteiger partial charge in [0.1, 0.15) is 17.2 Å². The second-order valence-corrected chi connectivity index (χ2v) is 5.18. The third kappa shape index (κ3) is 4.50. The summed E-state index contributed by atoms with van der Waals surface area (Å²) in [5.41, 5.74) is 3.23. The van der Waals surface area contributed by atoms with E-state index in [2.05, 4.69) is 15.8 Å². The SMILES string of the molecule is COc1ccc(OC)c(NC(=O)C(=O)N/N=C(\C)c2ccccc2O)c1. The van der Waals surface area contributed by atoms with Crippen LogP contribution in [0, 0.1) is 0 Å². The Hall–Kier alpha value is -3.55. The number of ether oxygens (including phenoxy) is 2. The smallest absolute Gasteiger partial charge is 0.329 e. The van der Waals surface area contributed by atoms with Crippen LogP contribution < -0.4 is 20.2 Å². The number of phenols is 1. The van der Waals surface area contributed by atoms with Crippen molar-refractivity contribution >= 4 is 23.2 Å². The van der Waals surface area contributed by atoms with E-state index >= 15 is 0 Å². The predicted molar refractivity (Wildman–Crippen MR) is 96.6 cm³/mol. The Kier molecular flexibility index (Phi) is 6.15. The van der Waals surface area contributed by atoms with Crippen LogP contribution >= 0.6 is 0 Å². The molecule has 0 radical (unpaired) electrons. The molecule has 2 amide bonds. The number of aromatic hydroxyl groups is 1. The first-order valence-corrected chi connectivity index (χ1v) is 7.62. The lowest BCUT2D eigenvalue weighted by atomic mass is 10.1. The van der Waals surface area contributed by atoms with E-state index in [0.717, 1.165) is 0 Å². The molecule has 8 heteroatoms. The zero-order valence-electron chi connectivity index (χ0n) is 14.6. The van der Waals surface area contributed by atoms with Gasteiger partial charge in [0.05, 0.1) is 25.6 Å². The summed E-state index contributed by atoms with van der Waals surface area (Å²) in [7, 11) is 2.92. The molecule has 0 atom stereocenters. The Balaban J connectivity index is 2.08. The predicted octanol–water partition coefficient (Wildman–Crippen LogP) is 1.89. The average Bonchev–Trinajstić information content (AvgIpc) is 2.65. The Morgan fingerprint density at radius 3 is 2.42 bits per heavy atom. The van der Waals surface area contributed by atoms with Crippen LogP contribution in [0.5, 0.6) is 17.2 Å². The van der Waals surface area contributed by atoms with E-state index in [-0.39, 0.29) is 11.4 Å². The van der Waals surface area contributed by atoms with Crippen molar-refractivity contribution in [3.05, 3.63) is 48.0 Å². The summed E-state index contributed by atoms with van der Waals surface area (Å²) < 4.78 is 10.2. The molecule has 0 saturated carbocycles. The maximum absolute atomic E-state index is 12.1. The molecule has 0 spiro atoms. The van der Waals surface area contributed by atoms with Crippen molar-refractivity contribution in [2.45, 2.75) is 6.92 Å². The molecule has 0 aliphatic rings. The molecule has 0 fully saturated rings. The number of nitrogens with zero attached hydrogens (tertiary/aromatic N) is 1. The minimum absolute atomic E-state index is 0.0218. The van der Waals surface area contributed by atoms with Crippen LogP contribution in [0.15, 0.2) is 47.6 Å². The normalized spacial score (nSPS) is 10.8. The number of rotatable bonds is 5. The number of hydrogen-bond acceptors (Lipinski definition) is 6. The van der Waals surface area contributed by atoms with E-state index < -0.39 is 11.8 Å². The highest BCUT2D eigenvalue weighted by atomic mass is 16.5. The number of hydrazone groups is 1. The number of methoxy groups -OCH3 is 2. The van der Waals surface area contributed by atoms with Crippen LogP contribution in [0.25, 0.3) is 0 Å². The van der Waals surface area contributed by atoms with Crippen molar-refractivity contribution in [2.24, 2.45) is 5.10 Å². The fourth-order valence-corrected chi connectivity index (χ4v) is 2.12. The lowest BCUT2D eigenvalue weighted by Gasteiger charge is -2.11. The quantitative estimate of drug-likeness (QED) is 0.430. The molecule has 2 rings (SSSR count). The standard InChI is InChI=1S/C18H19N3O5/c1-11(13-6-4-5-7-15(13)22)20-21-18(24)17(23)19-14-10-12(25-2)8-9-16(14)26-3/h4-10,22H,1-3H3,(H,19,23)(H,21,24)/b20-11+. The fraction of sp³-hybridized carbons (Fsp3) is 0.167. The molecule has 0 bridgehead atoms. The molecule has 2 aromatic rings. The van der Waals surface area contributed by atoms with Crippen LogP contribution in [0.3, 0.4) is 0 Å². The Labute approximate surface area is 150 Å². The lowest BCUT2D eigenvalue weighted by molar-refractivity contribution is -0.136. The third-order valence-corrected chi connectivity index (χ3v) is 3.48. The van der Waals surface area contributed by atoms with Gasteiger partial charge in [-0.15, -0.1) is 0 Å². The van der Waals surface area contributed by atoms with Crippen LogP contribution in [-0.2, 0) is 9.59 Å². The van der Waals surface area contributed by atoms with Crippen molar-refractivity contribution in [2.75, 3.05) is 19.5 Å². The maximum Gasteiger partial charge on any atom is 0.329 e. The first kappa shape index (κ1) is 18.8. The van der Waals surface area contributed by atoms with Crippen molar-refractivity contribution in [3.63, 3.8) is 0 Å². The van der Waals surface area contributed by atoms with Crippen LogP contribution in [0.1, 0.15) is 12.5 Å². The van der Waals surface area contributed by atoms with E-state index in [9.17, 15) is 14.7 Å². The number of phenolic OH excluding ortho intramolecular Hbond substituents is 1. The van der Waals surface area contributed by atoms with E-state index in [4.69, 9.17) is 9.47 Å². The van der Waals surface area contributed by atoms with Gasteiger partial charge in [-0.25, -0.2) is 5.43 Å². The summed E-state index contributed by atoms with van der Waals surface area (Å²) in [6.45, 7) is 1.60. The van der Waals surface area contributed by atoms with E-state index in [1.54, 1.807) is 37.3 Å². The van der Waals surface area contributed by atoms with Crippen molar-refractivity contribution < 1.29 is 24.2 Å². The number of hydrogen-bond donors (Lipinski definition) is 3. The number of anilines is 1. The molecule has 0 heterocycles. The van der Waals surface area contributed by atoms with Crippen molar-refractivity contribution in [1.29, 1.82) is 0 Å². The number of benzene rings is 2. The van der Waals surface area contributed by atoms with Gasteiger partial charge in [0.25, 0.3) is 0 Å². The van der Waals surface area contributed by atoms with Gasteiger partial charge in [0.15, 0.2) is 0 Å². The minimum Gasteiger partial charge on any atom is -0.507 e. The van der Waals surface area contributed by atoms with Crippen LogP contribution in [-0.4, -0.2) is 36.9 Å². The molecule has 26 heavy (non-hydrogen) atoms. The summed E-state index contributed by atoms with van der Waals surface area (Å²) in [6.07, 6.45) is 0. The van der Waals surface area contributed by atoms with Gasteiger partial charge < -0.3 is 19.9 Å².